The van der Waals surface area contributed by atoms with E-state index in [1.54, 1.807) is 0 Å². The van der Waals surface area contributed by atoms with Crippen LogP contribution in [0.4, 0.5) is 0 Å². The molecule has 1 aromatic rings. The van der Waals surface area contributed by atoms with Gasteiger partial charge in [-0.2, -0.15) is 0 Å². The highest BCUT2D eigenvalue weighted by Crippen LogP contribution is 2.21. The van der Waals surface area contributed by atoms with Crippen LogP contribution in [-0.2, 0) is 0 Å². The second kappa shape index (κ2) is 3.59. The molecule has 1 rings (SSSR count). The first-order valence-corrected chi connectivity index (χ1v) is 4.32. The summed E-state index contributed by atoms with van der Waals surface area (Å²) < 4.78 is 0. The van der Waals surface area contributed by atoms with Crippen LogP contribution in [0.1, 0.15) is 16.0 Å². The Labute approximate surface area is 75.8 Å². The van der Waals surface area contributed by atoms with Crippen LogP contribution < -0.4 is 0 Å². The zero-order valence-electron chi connectivity index (χ0n) is 6.34. The number of aryl methyl sites for hydroxylation is 1. The van der Waals surface area contributed by atoms with E-state index >= 15 is 0 Å². The maximum absolute atomic E-state index is 5.26. The molecule has 1 unspecified atom stereocenters. The van der Waals surface area contributed by atoms with Crippen molar-refractivity contribution < 1.29 is 0 Å². The number of benzene rings is 1. The molecular formula is C10H9Br. The van der Waals surface area contributed by atoms with E-state index in [9.17, 15) is 0 Å². The molecule has 1 aromatic carbocycles. The van der Waals surface area contributed by atoms with E-state index in [1.807, 2.05) is 12.1 Å². The van der Waals surface area contributed by atoms with Crippen molar-refractivity contribution in [2.45, 2.75) is 11.8 Å². The molecule has 0 nitrogen and oxygen atoms in total. The van der Waals surface area contributed by atoms with Gasteiger partial charge in [0.15, 0.2) is 0 Å². The van der Waals surface area contributed by atoms with Crippen molar-refractivity contribution in [3.8, 4) is 12.3 Å². The van der Waals surface area contributed by atoms with Crippen molar-refractivity contribution in [1.29, 1.82) is 0 Å². The van der Waals surface area contributed by atoms with Gasteiger partial charge in [0.1, 0.15) is 4.83 Å². The number of hydrogen-bond acceptors (Lipinski definition) is 0. The first kappa shape index (κ1) is 8.36. The molecule has 0 fully saturated rings. The van der Waals surface area contributed by atoms with E-state index in [4.69, 9.17) is 6.42 Å². The third-order valence-corrected chi connectivity index (χ3v) is 2.27. The molecule has 0 aromatic heterocycles. The standard InChI is InChI=1S/C10H9Br/c1-3-10(11)9-6-4-5-8(2)7-9/h1,4-7,10H,2H3. The minimum atomic E-state index is 0.0439. The van der Waals surface area contributed by atoms with E-state index in [2.05, 4.69) is 40.9 Å². The lowest BCUT2D eigenvalue weighted by Crippen LogP contribution is -1.85. The number of halogens is 1. The van der Waals surface area contributed by atoms with Crippen LogP contribution >= 0.6 is 15.9 Å². The summed E-state index contributed by atoms with van der Waals surface area (Å²) in [7, 11) is 0. The summed E-state index contributed by atoms with van der Waals surface area (Å²) in [6.45, 7) is 2.06. The summed E-state index contributed by atoms with van der Waals surface area (Å²) >= 11 is 3.38. The highest BCUT2D eigenvalue weighted by Gasteiger charge is 2.01. The van der Waals surface area contributed by atoms with Gasteiger partial charge in [0, 0.05) is 0 Å². The summed E-state index contributed by atoms with van der Waals surface area (Å²) in [5.74, 6) is 2.63. The monoisotopic (exact) mass is 208 g/mol. The van der Waals surface area contributed by atoms with Crippen molar-refractivity contribution in [2.75, 3.05) is 0 Å². The van der Waals surface area contributed by atoms with Crippen molar-refractivity contribution in [2.24, 2.45) is 0 Å². The SMILES string of the molecule is C#CC(Br)c1cccc(C)c1. The van der Waals surface area contributed by atoms with E-state index in [0.717, 1.165) is 5.56 Å². The van der Waals surface area contributed by atoms with Crippen LogP contribution in [0.15, 0.2) is 24.3 Å². The molecule has 0 saturated heterocycles. The number of rotatable bonds is 1. The van der Waals surface area contributed by atoms with E-state index in [1.165, 1.54) is 5.56 Å². The molecule has 0 amide bonds. The summed E-state index contributed by atoms with van der Waals surface area (Å²) in [5, 5.41) is 0. The van der Waals surface area contributed by atoms with E-state index < -0.39 is 0 Å². The Morgan fingerprint density at radius 2 is 2.27 bits per heavy atom. The average Bonchev–Trinajstić information content (AvgIpc) is 2.03. The molecule has 1 heteroatoms. The summed E-state index contributed by atoms with van der Waals surface area (Å²) in [5.41, 5.74) is 2.38. The topological polar surface area (TPSA) is 0 Å². The lowest BCUT2D eigenvalue weighted by atomic mass is 10.1. The molecule has 0 aliphatic rings. The Bertz CT molecular complexity index is 283. The molecule has 0 bridgehead atoms. The molecule has 1 atom stereocenters. The third kappa shape index (κ3) is 2.10. The van der Waals surface area contributed by atoms with Gasteiger partial charge in [-0.25, -0.2) is 0 Å². The van der Waals surface area contributed by atoms with Crippen molar-refractivity contribution in [3.63, 3.8) is 0 Å². The maximum Gasteiger partial charge on any atom is 0.100 e. The molecule has 0 spiro atoms. The van der Waals surface area contributed by atoms with Gasteiger partial charge in [0.2, 0.25) is 0 Å². The average molecular weight is 209 g/mol. The lowest BCUT2D eigenvalue weighted by molar-refractivity contribution is 1.28. The van der Waals surface area contributed by atoms with E-state index in [0.29, 0.717) is 0 Å². The molecule has 56 valence electrons. The van der Waals surface area contributed by atoms with Gasteiger partial charge in [0.25, 0.3) is 0 Å². The Balaban J connectivity index is 2.98. The zero-order chi connectivity index (χ0) is 8.27. The fourth-order valence-electron chi connectivity index (χ4n) is 0.924. The molecule has 0 aliphatic heterocycles. The van der Waals surface area contributed by atoms with Gasteiger partial charge in [0.05, 0.1) is 0 Å². The van der Waals surface area contributed by atoms with Crippen LogP contribution in [0.3, 0.4) is 0 Å². The fourth-order valence-corrected chi connectivity index (χ4v) is 1.21. The van der Waals surface area contributed by atoms with Gasteiger partial charge in [-0.3, -0.25) is 0 Å². The van der Waals surface area contributed by atoms with Gasteiger partial charge in [-0.05, 0) is 12.5 Å². The minimum Gasteiger partial charge on any atom is -0.119 e. The highest BCUT2D eigenvalue weighted by molar-refractivity contribution is 9.09. The van der Waals surface area contributed by atoms with Gasteiger partial charge < -0.3 is 0 Å². The van der Waals surface area contributed by atoms with Crippen LogP contribution in [0.5, 0.6) is 0 Å². The summed E-state index contributed by atoms with van der Waals surface area (Å²) in [6, 6.07) is 8.17. The Kier molecular flexibility index (Phi) is 2.73. The molecule has 0 saturated carbocycles. The number of hydrogen-bond donors (Lipinski definition) is 0. The first-order valence-electron chi connectivity index (χ1n) is 3.41. The second-order valence-corrected chi connectivity index (χ2v) is 3.36. The minimum absolute atomic E-state index is 0.0439. The number of alkyl halides is 1. The smallest absolute Gasteiger partial charge is 0.100 e. The van der Waals surface area contributed by atoms with Crippen LogP contribution in [0, 0.1) is 19.3 Å². The first-order chi connectivity index (χ1) is 5.24. The maximum atomic E-state index is 5.26. The molecule has 11 heavy (non-hydrogen) atoms. The summed E-state index contributed by atoms with van der Waals surface area (Å²) in [6.07, 6.45) is 5.26. The molecule has 0 radical (unpaired) electrons. The molecule has 0 N–H and O–H groups in total. The van der Waals surface area contributed by atoms with Gasteiger partial charge in [-0.15, -0.1) is 6.42 Å². The molecular weight excluding hydrogens is 200 g/mol. The quantitative estimate of drug-likeness (QED) is 0.492. The van der Waals surface area contributed by atoms with Gasteiger partial charge in [-0.1, -0.05) is 51.7 Å². The van der Waals surface area contributed by atoms with Crippen molar-refractivity contribution >= 4 is 15.9 Å². The van der Waals surface area contributed by atoms with Crippen LogP contribution in [0.25, 0.3) is 0 Å². The van der Waals surface area contributed by atoms with Gasteiger partial charge >= 0.3 is 0 Å². The largest absolute Gasteiger partial charge is 0.119 e. The normalized spacial score (nSPS) is 12.1. The number of terminal acetylenes is 1. The fraction of sp³-hybridized carbons (Fsp3) is 0.200. The highest BCUT2D eigenvalue weighted by atomic mass is 79.9. The zero-order valence-corrected chi connectivity index (χ0v) is 7.93. The predicted octanol–water partition coefficient (Wildman–Crippen LogP) is 3.06. The van der Waals surface area contributed by atoms with Crippen LogP contribution in [0.2, 0.25) is 0 Å². The van der Waals surface area contributed by atoms with Crippen LogP contribution in [-0.4, -0.2) is 0 Å². The Morgan fingerprint density at radius 1 is 1.55 bits per heavy atom. The summed E-state index contributed by atoms with van der Waals surface area (Å²) in [4.78, 5) is 0.0439. The van der Waals surface area contributed by atoms with Crippen molar-refractivity contribution in [1.82, 2.24) is 0 Å². The van der Waals surface area contributed by atoms with Crippen molar-refractivity contribution in [3.05, 3.63) is 35.4 Å². The Morgan fingerprint density at radius 3 is 2.82 bits per heavy atom. The third-order valence-electron chi connectivity index (χ3n) is 1.48. The predicted molar refractivity (Wildman–Crippen MR) is 51.7 cm³/mol. The molecule has 0 heterocycles. The van der Waals surface area contributed by atoms with E-state index in [-0.39, 0.29) is 4.83 Å². The second-order valence-electron chi connectivity index (χ2n) is 2.44. The Hall–Kier alpha value is -0.740. The molecule has 0 aliphatic carbocycles. The lowest BCUT2D eigenvalue weighted by Gasteiger charge is -2.02.